The Morgan fingerprint density at radius 1 is 1.50 bits per heavy atom. The zero-order chi connectivity index (χ0) is 7.98. The molecule has 0 fully saturated rings. The standard InChI is InChI=1S/C8H19NO/c1-4-8(9-3)5-7(2)6-10/h7-10H,4-6H2,1-3H3. The number of hydrogen-bond acceptors (Lipinski definition) is 2. The monoisotopic (exact) mass is 145 g/mol. The van der Waals surface area contributed by atoms with Gasteiger partial charge in [-0.2, -0.15) is 0 Å². The van der Waals surface area contributed by atoms with Gasteiger partial charge in [-0.15, -0.1) is 0 Å². The second kappa shape index (κ2) is 5.69. The Balaban J connectivity index is 3.41. The van der Waals surface area contributed by atoms with Gasteiger partial charge < -0.3 is 10.4 Å². The van der Waals surface area contributed by atoms with Gasteiger partial charge in [0.15, 0.2) is 0 Å². The quantitative estimate of drug-likeness (QED) is 0.605. The molecule has 2 unspecified atom stereocenters. The average Bonchev–Trinajstić information content (AvgIpc) is 1.99. The Morgan fingerprint density at radius 2 is 2.10 bits per heavy atom. The van der Waals surface area contributed by atoms with E-state index in [1.54, 1.807) is 0 Å². The van der Waals surface area contributed by atoms with E-state index in [4.69, 9.17) is 5.11 Å². The maximum Gasteiger partial charge on any atom is 0.0457 e. The molecule has 0 rings (SSSR count). The van der Waals surface area contributed by atoms with Crippen molar-refractivity contribution in [1.82, 2.24) is 5.32 Å². The van der Waals surface area contributed by atoms with Crippen molar-refractivity contribution in [2.45, 2.75) is 32.7 Å². The van der Waals surface area contributed by atoms with E-state index in [2.05, 4.69) is 19.2 Å². The van der Waals surface area contributed by atoms with E-state index in [-0.39, 0.29) is 0 Å². The van der Waals surface area contributed by atoms with E-state index in [1.807, 2.05) is 7.05 Å². The minimum absolute atomic E-state index is 0.304. The molecule has 2 nitrogen and oxygen atoms in total. The topological polar surface area (TPSA) is 32.3 Å². The summed E-state index contributed by atoms with van der Waals surface area (Å²) < 4.78 is 0. The highest BCUT2D eigenvalue weighted by atomic mass is 16.3. The van der Waals surface area contributed by atoms with Crippen LogP contribution in [-0.4, -0.2) is 24.8 Å². The fraction of sp³-hybridized carbons (Fsp3) is 1.00. The number of hydrogen-bond donors (Lipinski definition) is 2. The van der Waals surface area contributed by atoms with Crippen molar-refractivity contribution in [2.24, 2.45) is 5.92 Å². The van der Waals surface area contributed by atoms with Crippen LogP contribution in [-0.2, 0) is 0 Å². The molecule has 0 heterocycles. The molecule has 0 radical (unpaired) electrons. The number of aliphatic hydroxyl groups is 1. The third kappa shape index (κ3) is 3.85. The first kappa shape index (κ1) is 9.92. The summed E-state index contributed by atoms with van der Waals surface area (Å²) in [6.07, 6.45) is 2.21. The maximum absolute atomic E-state index is 8.75. The van der Waals surface area contributed by atoms with Crippen LogP contribution in [0.3, 0.4) is 0 Å². The Hall–Kier alpha value is -0.0800. The molecule has 2 atom stereocenters. The van der Waals surface area contributed by atoms with Crippen LogP contribution in [0.4, 0.5) is 0 Å². The summed E-state index contributed by atoms with van der Waals surface area (Å²) >= 11 is 0. The second-order valence-corrected chi connectivity index (χ2v) is 2.92. The van der Waals surface area contributed by atoms with Crippen molar-refractivity contribution >= 4 is 0 Å². The van der Waals surface area contributed by atoms with Gasteiger partial charge >= 0.3 is 0 Å². The van der Waals surface area contributed by atoms with Crippen LogP contribution in [0, 0.1) is 5.92 Å². The summed E-state index contributed by atoms with van der Waals surface area (Å²) in [5.41, 5.74) is 0. The van der Waals surface area contributed by atoms with Gasteiger partial charge in [0.25, 0.3) is 0 Å². The first-order valence-electron chi connectivity index (χ1n) is 4.02. The lowest BCUT2D eigenvalue weighted by Crippen LogP contribution is -2.27. The molecule has 0 aromatic heterocycles. The molecule has 62 valence electrons. The number of rotatable bonds is 5. The van der Waals surface area contributed by atoms with Crippen molar-refractivity contribution in [3.8, 4) is 0 Å². The Labute approximate surface area is 63.6 Å². The number of aliphatic hydroxyl groups excluding tert-OH is 1. The molecule has 0 amide bonds. The van der Waals surface area contributed by atoms with Gasteiger partial charge in [0, 0.05) is 12.6 Å². The predicted octanol–water partition coefficient (Wildman–Crippen LogP) is 1.00. The molecule has 0 bridgehead atoms. The first-order valence-corrected chi connectivity index (χ1v) is 4.02. The van der Waals surface area contributed by atoms with E-state index < -0.39 is 0 Å². The molecule has 10 heavy (non-hydrogen) atoms. The normalized spacial score (nSPS) is 16.8. The molecule has 0 spiro atoms. The van der Waals surface area contributed by atoms with Crippen LogP contribution in [0.15, 0.2) is 0 Å². The lowest BCUT2D eigenvalue weighted by atomic mass is 10.0. The minimum atomic E-state index is 0.304. The Morgan fingerprint density at radius 3 is 2.40 bits per heavy atom. The van der Waals surface area contributed by atoms with Gasteiger partial charge in [0.05, 0.1) is 0 Å². The second-order valence-electron chi connectivity index (χ2n) is 2.92. The summed E-state index contributed by atoms with van der Waals surface area (Å²) in [5.74, 6) is 0.428. The average molecular weight is 145 g/mol. The maximum atomic E-state index is 8.75. The van der Waals surface area contributed by atoms with Crippen molar-refractivity contribution in [3.63, 3.8) is 0 Å². The van der Waals surface area contributed by atoms with Crippen molar-refractivity contribution < 1.29 is 5.11 Å². The minimum Gasteiger partial charge on any atom is -0.396 e. The Bertz CT molecular complexity index is 71.7. The fourth-order valence-corrected chi connectivity index (χ4v) is 1.05. The fourth-order valence-electron chi connectivity index (χ4n) is 1.05. The summed E-state index contributed by atoms with van der Waals surface area (Å²) in [7, 11) is 1.97. The summed E-state index contributed by atoms with van der Waals surface area (Å²) in [4.78, 5) is 0. The van der Waals surface area contributed by atoms with E-state index >= 15 is 0 Å². The summed E-state index contributed by atoms with van der Waals surface area (Å²) in [5, 5.41) is 12.0. The molecule has 0 aliphatic heterocycles. The van der Waals surface area contributed by atoms with Crippen molar-refractivity contribution in [2.75, 3.05) is 13.7 Å². The van der Waals surface area contributed by atoms with E-state index in [1.165, 1.54) is 0 Å². The number of nitrogens with one attached hydrogen (secondary N) is 1. The van der Waals surface area contributed by atoms with Crippen LogP contribution in [0.2, 0.25) is 0 Å². The highest BCUT2D eigenvalue weighted by molar-refractivity contribution is 4.65. The highest BCUT2D eigenvalue weighted by Gasteiger charge is 2.07. The first-order chi connectivity index (χ1) is 4.74. The van der Waals surface area contributed by atoms with Gasteiger partial charge in [-0.3, -0.25) is 0 Å². The summed E-state index contributed by atoms with van der Waals surface area (Å²) in [6, 6.07) is 0.571. The summed E-state index contributed by atoms with van der Waals surface area (Å²) in [6.45, 7) is 4.53. The van der Waals surface area contributed by atoms with Crippen LogP contribution in [0.5, 0.6) is 0 Å². The molecule has 0 aromatic carbocycles. The van der Waals surface area contributed by atoms with Gasteiger partial charge in [-0.1, -0.05) is 13.8 Å². The smallest absolute Gasteiger partial charge is 0.0457 e. The van der Waals surface area contributed by atoms with Crippen LogP contribution < -0.4 is 5.32 Å². The van der Waals surface area contributed by atoms with Gasteiger partial charge in [0.2, 0.25) is 0 Å². The van der Waals surface area contributed by atoms with Crippen LogP contribution in [0.25, 0.3) is 0 Å². The lowest BCUT2D eigenvalue weighted by Gasteiger charge is -2.16. The van der Waals surface area contributed by atoms with E-state index in [0.29, 0.717) is 18.6 Å². The third-order valence-electron chi connectivity index (χ3n) is 1.90. The van der Waals surface area contributed by atoms with Gasteiger partial charge in [-0.25, -0.2) is 0 Å². The highest BCUT2D eigenvalue weighted by Crippen LogP contribution is 2.06. The Kier molecular flexibility index (Phi) is 5.64. The molecule has 2 heteroatoms. The lowest BCUT2D eigenvalue weighted by molar-refractivity contribution is 0.218. The molecule has 0 saturated heterocycles. The van der Waals surface area contributed by atoms with Crippen LogP contribution >= 0.6 is 0 Å². The molecule has 0 aromatic rings. The SMILES string of the molecule is CCC(CC(C)CO)NC. The van der Waals surface area contributed by atoms with Crippen molar-refractivity contribution in [1.29, 1.82) is 0 Å². The molecular formula is C8H19NO. The molecule has 0 aliphatic carbocycles. The third-order valence-corrected chi connectivity index (χ3v) is 1.90. The zero-order valence-electron chi connectivity index (χ0n) is 7.22. The molecule has 0 aliphatic rings. The molecular weight excluding hydrogens is 126 g/mol. The predicted molar refractivity (Wildman–Crippen MR) is 44.0 cm³/mol. The zero-order valence-corrected chi connectivity index (χ0v) is 7.22. The molecule has 0 saturated carbocycles. The van der Waals surface area contributed by atoms with E-state index in [9.17, 15) is 0 Å². The van der Waals surface area contributed by atoms with Crippen LogP contribution in [0.1, 0.15) is 26.7 Å². The van der Waals surface area contributed by atoms with Gasteiger partial charge in [0.1, 0.15) is 0 Å². The van der Waals surface area contributed by atoms with Crippen molar-refractivity contribution in [3.05, 3.63) is 0 Å². The van der Waals surface area contributed by atoms with E-state index in [0.717, 1.165) is 12.8 Å². The molecule has 2 N–H and O–H groups in total. The largest absolute Gasteiger partial charge is 0.396 e. The van der Waals surface area contributed by atoms with Gasteiger partial charge in [-0.05, 0) is 25.8 Å².